The van der Waals surface area contributed by atoms with Crippen molar-refractivity contribution in [3.63, 3.8) is 0 Å². The topological polar surface area (TPSA) is 37.8 Å². The number of rotatable bonds is 4. The van der Waals surface area contributed by atoms with Gasteiger partial charge in [-0.1, -0.05) is 13.8 Å². The number of hydrogen-bond donors (Lipinski definition) is 1. The molecule has 0 aromatic carbocycles. The normalized spacial score (nSPS) is 19.1. The van der Waals surface area contributed by atoms with Crippen LogP contribution in [0.2, 0.25) is 0 Å². The summed E-state index contributed by atoms with van der Waals surface area (Å²) >= 11 is 0. The molecule has 3 heteroatoms. The highest BCUT2D eigenvalue weighted by Gasteiger charge is 2.21. The molecule has 0 fully saturated rings. The highest BCUT2D eigenvalue weighted by molar-refractivity contribution is 5.28. The van der Waals surface area contributed by atoms with Crippen LogP contribution in [0.4, 0.5) is 0 Å². The molecule has 1 heterocycles. The van der Waals surface area contributed by atoms with Crippen LogP contribution in [-0.4, -0.2) is 23.1 Å². The summed E-state index contributed by atoms with van der Waals surface area (Å²) in [5.41, 5.74) is 3.92. The van der Waals surface area contributed by atoms with E-state index >= 15 is 0 Å². The molecule has 1 aliphatic carbocycles. The predicted molar refractivity (Wildman–Crippen MR) is 70.2 cm³/mol. The van der Waals surface area contributed by atoms with Crippen LogP contribution in [0.15, 0.2) is 0 Å². The molecule has 1 N–H and O–H groups in total. The molecule has 0 aliphatic heterocycles. The molecule has 17 heavy (non-hydrogen) atoms. The van der Waals surface area contributed by atoms with Crippen molar-refractivity contribution < 1.29 is 0 Å². The van der Waals surface area contributed by atoms with Crippen LogP contribution in [-0.2, 0) is 19.3 Å². The zero-order chi connectivity index (χ0) is 12.3. The van der Waals surface area contributed by atoms with Crippen molar-refractivity contribution in [2.24, 2.45) is 5.92 Å². The van der Waals surface area contributed by atoms with Gasteiger partial charge in [-0.2, -0.15) is 0 Å². The van der Waals surface area contributed by atoms with Gasteiger partial charge in [0.15, 0.2) is 0 Å². The van der Waals surface area contributed by atoms with E-state index in [4.69, 9.17) is 0 Å². The lowest BCUT2D eigenvalue weighted by Crippen LogP contribution is -2.28. The van der Waals surface area contributed by atoms with Gasteiger partial charge < -0.3 is 5.32 Å². The molecule has 94 valence electrons. The molecule has 0 saturated carbocycles. The first kappa shape index (κ1) is 12.5. The molecule has 3 nitrogen and oxygen atoms in total. The van der Waals surface area contributed by atoms with Gasteiger partial charge in [-0.15, -0.1) is 0 Å². The number of hydrogen-bond acceptors (Lipinski definition) is 3. The van der Waals surface area contributed by atoms with E-state index in [1.54, 1.807) is 0 Å². The lowest BCUT2D eigenvalue weighted by atomic mass is 9.85. The third kappa shape index (κ3) is 2.83. The lowest BCUT2D eigenvalue weighted by Gasteiger charge is -2.25. The van der Waals surface area contributed by atoms with Gasteiger partial charge >= 0.3 is 0 Å². The number of fused-ring (bicyclic) bond motifs is 1. The minimum Gasteiger partial charge on any atom is -0.317 e. The Hall–Kier alpha value is -0.960. The molecule has 1 aromatic heterocycles. The van der Waals surface area contributed by atoms with Crippen molar-refractivity contribution in [2.45, 2.75) is 46.5 Å². The van der Waals surface area contributed by atoms with Crippen LogP contribution in [0.3, 0.4) is 0 Å². The number of nitrogens with zero attached hydrogens (tertiary/aromatic N) is 2. The van der Waals surface area contributed by atoms with Gasteiger partial charge in [0.1, 0.15) is 5.82 Å². The van der Waals surface area contributed by atoms with Gasteiger partial charge in [-0.3, -0.25) is 0 Å². The number of aromatic nitrogens is 2. The highest BCUT2D eigenvalue weighted by atomic mass is 14.9. The third-order valence-electron chi connectivity index (χ3n) is 3.63. The summed E-state index contributed by atoms with van der Waals surface area (Å²) in [5, 5.41) is 3.45. The SMILES string of the molecule is CCNCC1CCc2nc(CC)nc(C)c2C1. The molecule has 1 atom stereocenters. The molecule has 0 spiro atoms. The first-order valence-corrected chi connectivity index (χ1v) is 6.80. The van der Waals surface area contributed by atoms with Gasteiger partial charge in [0.25, 0.3) is 0 Å². The molecule has 0 bridgehead atoms. The zero-order valence-electron chi connectivity index (χ0n) is 11.2. The van der Waals surface area contributed by atoms with E-state index in [9.17, 15) is 0 Å². The van der Waals surface area contributed by atoms with Gasteiger partial charge in [-0.25, -0.2) is 9.97 Å². The molecular weight excluding hydrogens is 210 g/mol. The third-order valence-corrected chi connectivity index (χ3v) is 3.63. The van der Waals surface area contributed by atoms with Crippen molar-refractivity contribution in [2.75, 3.05) is 13.1 Å². The van der Waals surface area contributed by atoms with Crippen LogP contribution in [0.5, 0.6) is 0 Å². The van der Waals surface area contributed by atoms with Crippen LogP contribution < -0.4 is 5.32 Å². The second kappa shape index (κ2) is 5.58. The molecule has 0 saturated heterocycles. The molecule has 0 amide bonds. The van der Waals surface area contributed by atoms with Crippen molar-refractivity contribution in [1.82, 2.24) is 15.3 Å². The number of nitrogens with one attached hydrogen (secondary N) is 1. The van der Waals surface area contributed by atoms with E-state index < -0.39 is 0 Å². The fraction of sp³-hybridized carbons (Fsp3) is 0.714. The first-order chi connectivity index (χ1) is 8.24. The standard InChI is InChI=1S/C14H23N3/c1-4-14-16-10(3)12-8-11(9-15-5-2)6-7-13(12)17-14/h11,15H,4-9H2,1-3H3. The van der Waals surface area contributed by atoms with Crippen LogP contribution >= 0.6 is 0 Å². The van der Waals surface area contributed by atoms with E-state index in [-0.39, 0.29) is 0 Å². The predicted octanol–water partition coefficient (Wildman–Crippen LogP) is 2.06. The molecule has 0 radical (unpaired) electrons. The van der Waals surface area contributed by atoms with Gasteiger partial charge in [0, 0.05) is 17.8 Å². The molecular formula is C14H23N3. The Morgan fingerprint density at radius 3 is 2.82 bits per heavy atom. The summed E-state index contributed by atoms with van der Waals surface area (Å²) in [6.07, 6.45) is 4.48. The summed E-state index contributed by atoms with van der Waals surface area (Å²) in [7, 11) is 0. The maximum Gasteiger partial charge on any atom is 0.128 e. The fourth-order valence-corrected chi connectivity index (χ4v) is 2.60. The van der Waals surface area contributed by atoms with Crippen molar-refractivity contribution in [1.29, 1.82) is 0 Å². The molecule has 1 aromatic rings. The van der Waals surface area contributed by atoms with Crippen LogP contribution in [0, 0.1) is 12.8 Å². The van der Waals surface area contributed by atoms with Gasteiger partial charge in [0.2, 0.25) is 0 Å². The monoisotopic (exact) mass is 233 g/mol. The average Bonchev–Trinajstić information content (AvgIpc) is 2.36. The summed E-state index contributed by atoms with van der Waals surface area (Å²) in [5.74, 6) is 1.77. The Labute approximate surface area is 104 Å². The summed E-state index contributed by atoms with van der Waals surface area (Å²) < 4.78 is 0. The van der Waals surface area contributed by atoms with E-state index in [2.05, 4.69) is 36.1 Å². The Bertz CT molecular complexity index is 387. The van der Waals surface area contributed by atoms with Crippen molar-refractivity contribution >= 4 is 0 Å². The van der Waals surface area contributed by atoms with Crippen molar-refractivity contribution in [3.05, 3.63) is 22.8 Å². The minimum atomic E-state index is 0.761. The second-order valence-electron chi connectivity index (χ2n) is 4.92. The first-order valence-electron chi connectivity index (χ1n) is 6.80. The highest BCUT2D eigenvalue weighted by Crippen LogP contribution is 2.25. The summed E-state index contributed by atoms with van der Waals surface area (Å²) in [6, 6.07) is 0. The second-order valence-corrected chi connectivity index (χ2v) is 4.92. The smallest absolute Gasteiger partial charge is 0.128 e. The van der Waals surface area contributed by atoms with Crippen LogP contribution in [0.25, 0.3) is 0 Å². The van der Waals surface area contributed by atoms with Gasteiger partial charge in [0.05, 0.1) is 0 Å². The van der Waals surface area contributed by atoms with Crippen LogP contribution in [0.1, 0.15) is 43.0 Å². The van der Waals surface area contributed by atoms with Gasteiger partial charge in [-0.05, 0) is 50.8 Å². The Balaban J connectivity index is 2.15. The van der Waals surface area contributed by atoms with E-state index in [1.165, 1.54) is 23.4 Å². The molecule has 1 unspecified atom stereocenters. The lowest BCUT2D eigenvalue weighted by molar-refractivity contribution is 0.422. The zero-order valence-corrected chi connectivity index (χ0v) is 11.2. The van der Waals surface area contributed by atoms with E-state index in [1.807, 2.05) is 0 Å². The number of aryl methyl sites for hydroxylation is 3. The summed E-state index contributed by atoms with van der Waals surface area (Å²) in [4.78, 5) is 9.26. The Morgan fingerprint density at radius 2 is 2.12 bits per heavy atom. The van der Waals surface area contributed by atoms with E-state index in [0.717, 1.165) is 44.1 Å². The maximum absolute atomic E-state index is 4.68. The minimum absolute atomic E-state index is 0.761. The Morgan fingerprint density at radius 1 is 1.29 bits per heavy atom. The largest absolute Gasteiger partial charge is 0.317 e. The van der Waals surface area contributed by atoms with Crippen molar-refractivity contribution in [3.8, 4) is 0 Å². The quantitative estimate of drug-likeness (QED) is 0.865. The maximum atomic E-state index is 4.68. The molecule has 2 rings (SSSR count). The fourth-order valence-electron chi connectivity index (χ4n) is 2.60. The summed E-state index contributed by atoms with van der Waals surface area (Å²) in [6.45, 7) is 8.62. The Kier molecular flexibility index (Phi) is 4.11. The molecule has 1 aliphatic rings. The van der Waals surface area contributed by atoms with E-state index in [0.29, 0.717) is 0 Å². The average molecular weight is 233 g/mol.